The Balaban J connectivity index is 1.79. The lowest BCUT2D eigenvalue weighted by Gasteiger charge is -2.56. The molecule has 1 spiro atoms. The highest BCUT2D eigenvalue weighted by atomic mass is 16.7. The highest BCUT2D eigenvalue weighted by Crippen LogP contribution is 2.76. The fourth-order valence-electron chi connectivity index (χ4n) is 5.46. The van der Waals surface area contributed by atoms with Crippen LogP contribution < -0.4 is 0 Å². The van der Waals surface area contributed by atoms with E-state index in [0.717, 1.165) is 0 Å². The van der Waals surface area contributed by atoms with E-state index in [2.05, 4.69) is 6.58 Å². The van der Waals surface area contributed by atoms with Crippen molar-refractivity contribution in [1.29, 1.82) is 0 Å². The number of fused-ring (bicyclic) bond motifs is 8. The Kier molecular flexibility index (Phi) is 1.92. The van der Waals surface area contributed by atoms with E-state index < -0.39 is 52.4 Å². The van der Waals surface area contributed by atoms with Crippen molar-refractivity contribution in [1.82, 2.24) is 0 Å². The second-order valence-electron chi connectivity index (χ2n) is 7.52. The lowest BCUT2D eigenvalue weighted by atomic mass is 9.50. The Labute approximate surface area is 126 Å². The van der Waals surface area contributed by atoms with Gasteiger partial charge in [0.1, 0.15) is 41.0 Å². The van der Waals surface area contributed by atoms with Crippen molar-refractivity contribution >= 4 is 5.97 Å². The van der Waals surface area contributed by atoms with Gasteiger partial charge < -0.3 is 29.5 Å². The zero-order valence-corrected chi connectivity index (χ0v) is 12.3. The van der Waals surface area contributed by atoms with Crippen molar-refractivity contribution < 1.29 is 34.3 Å². The molecule has 0 aromatic heterocycles. The molecule has 5 fully saturated rings. The van der Waals surface area contributed by atoms with E-state index in [9.17, 15) is 20.1 Å². The molecule has 5 rings (SSSR count). The van der Waals surface area contributed by atoms with Crippen molar-refractivity contribution in [3.8, 4) is 0 Å². The predicted molar refractivity (Wildman–Crippen MR) is 69.5 cm³/mol. The highest BCUT2D eigenvalue weighted by Gasteiger charge is 2.96. The molecular formula is C15H18O7. The van der Waals surface area contributed by atoms with Crippen LogP contribution in [0.5, 0.6) is 0 Å². The van der Waals surface area contributed by atoms with Gasteiger partial charge in [-0.1, -0.05) is 13.5 Å². The van der Waals surface area contributed by atoms with E-state index in [4.69, 9.17) is 14.2 Å². The molecule has 2 aliphatic carbocycles. The molecule has 2 bridgehead atoms. The van der Waals surface area contributed by atoms with E-state index in [1.807, 2.05) is 0 Å². The SMILES string of the molecule is C=C(C)C1(O)[C@H]2OC(=O)[C@@H]1[C@]1(O)[C@H]3O[C@H]3[C@]3(CO3)[C@]1(C)[C@@H]2O. The van der Waals surface area contributed by atoms with Crippen LogP contribution in [0.2, 0.25) is 0 Å². The molecule has 3 aliphatic heterocycles. The van der Waals surface area contributed by atoms with E-state index in [-0.39, 0.29) is 11.7 Å². The molecule has 120 valence electrons. The summed E-state index contributed by atoms with van der Waals surface area (Å²) in [4.78, 5) is 12.4. The number of carbonyl (C=O) groups is 1. The van der Waals surface area contributed by atoms with Gasteiger partial charge in [-0.15, -0.1) is 0 Å². The summed E-state index contributed by atoms with van der Waals surface area (Å²) in [6.07, 6.45) is -3.46. The number of carbonyl (C=O) groups excluding carboxylic acids is 1. The Morgan fingerprint density at radius 1 is 1.32 bits per heavy atom. The quantitative estimate of drug-likeness (QED) is 0.307. The molecule has 0 aromatic rings. The molecule has 0 aromatic carbocycles. The van der Waals surface area contributed by atoms with E-state index in [1.54, 1.807) is 13.8 Å². The number of epoxide rings is 2. The van der Waals surface area contributed by atoms with Gasteiger partial charge in [0.25, 0.3) is 0 Å². The zero-order chi connectivity index (χ0) is 15.9. The standard InChI is InChI=1S/C15H18O7/c1-5(2)14(18)6-11(17)22-8(14)7(16)12(3)13(4-20-13)9-10(21-9)15(6,12)19/h6-10,16,18-19H,1,4H2,2-3H3/t6-,7+,8-,9+,10-,12-,13+,14?,15-/m0/s1. The minimum atomic E-state index is -1.82. The molecule has 22 heavy (non-hydrogen) atoms. The maximum Gasteiger partial charge on any atom is 0.315 e. The van der Waals surface area contributed by atoms with Crippen LogP contribution in [0.25, 0.3) is 0 Å². The summed E-state index contributed by atoms with van der Waals surface area (Å²) in [7, 11) is 0. The van der Waals surface area contributed by atoms with Gasteiger partial charge in [0, 0.05) is 0 Å². The first-order chi connectivity index (χ1) is 10.2. The normalized spacial score (nSPS) is 66.8. The summed E-state index contributed by atoms with van der Waals surface area (Å²) in [5, 5.41) is 33.5. The number of aliphatic hydroxyl groups is 3. The summed E-state index contributed by atoms with van der Waals surface area (Å²) in [6.45, 7) is 7.35. The molecule has 1 unspecified atom stereocenters. The summed E-state index contributed by atoms with van der Waals surface area (Å²) in [6, 6.07) is 0. The van der Waals surface area contributed by atoms with Gasteiger partial charge in [0.2, 0.25) is 0 Å². The molecule has 0 radical (unpaired) electrons. The van der Waals surface area contributed by atoms with Gasteiger partial charge in [-0.05, 0) is 12.5 Å². The number of ether oxygens (including phenoxy) is 3. The minimum Gasteiger partial charge on any atom is -0.456 e. The lowest BCUT2D eigenvalue weighted by molar-refractivity contribution is -0.267. The van der Waals surface area contributed by atoms with Crippen molar-refractivity contribution in [2.75, 3.05) is 6.61 Å². The van der Waals surface area contributed by atoms with Crippen LogP contribution in [0.15, 0.2) is 12.2 Å². The molecule has 9 atom stereocenters. The highest BCUT2D eigenvalue weighted by molar-refractivity contribution is 5.82. The van der Waals surface area contributed by atoms with Gasteiger partial charge in [-0.25, -0.2) is 0 Å². The Hall–Kier alpha value is -0.990. The van der Waals surface area contributed by atoms with Crippen molar-refractivity contribution in [2.24, 2.45) is 11.3 Å². The second kappa shape index (κ2) is 3.14. The van der Waals surface area contributed by atoms with Crippen molar-refractivity contribution in [2.45, 2.75) is 55.1 Å². The maximum atomic E-state index is 12.4. The molecular weight excluding hydrogens is 292 g/mol. The zero-order valence-electron chi connectivity index (χ0n) is 12.3. The number of hydrogen-bond acceptors (Lipinski definition) is 7. The molecule has 3 saturated heterocycles. The monoisotopic (exact) mass is 310 g/mol. The third-order valence-corrected chi connectivity index (χ3v) is 6.91. The molecule has 2 saturated carbocycles. The minimum absolute atomic E-state index is 0.276. The van der Waals surface area contributed by atoms with Crippen LogP contribution in [0, 0.1) is 11.3 Å². The summed E-state index contributed by atoms with van der Waals surface area (Å²) in [5.41, 5.74) is -5.26. The first-order valence-corrected chi connectivity index (χ1v) is 7.46. The van der Waals surface area contributed by atoms with Crippen LogP contribution in [0.1, 0.15) is 13.8 Å². The Morgan fingerprint density at radius 2 is 1.95 bits per heavy atom. The van der Waals surface area contributed by atoms with Gasteiger partial charge in [-0.3, -0.25) is 4.79 Å². The fourth-order valence-corrected chi connectivity index (χ4v) is 5.46. The molecule has 5 aliphatic rings. The van der Waals surface area contributed by atoms with Crippen LogP contribution >= 0.6 is 0 Å². The largest absolute Gasteiger partial charge is 0.456 e. The average Bonchev–Trinajstić information content (AvgIpc) is 3.30. The number of hydrogen-bond donors (Lipinski definition) is 3. The number of esters is 1. The molecule has 3 N–H and O–H groups in total. The first kappa shape index (κ1) is 13.4. The van der Waals surface area contributed by atoms with E-state index in [0.29, 0.717) is 6.61 Å². The van der Waals surface area contributed by atoms with Crippen LogP contribution in [0.3, 0.4) is 0 Å². The molecule has 3 heterocycles. The Morgan fingerprint density at radius 3 is 2.50 bits per heavy atom. The Bertz CT molecular complexity index is 642. The summed E-state index contributed by atoms with van der Waals surface area (Å²) >= 11 is 0. The second-order valence-corrected chi connectivity index (χ2v) is 7.52. The van der Waals surface area contributed by atoms with Gasteiger partial charge in [0.15, 0.2) is 6.10 Å². The predicted octanol–water partition coefficient (Wildman–Crippen LogP) is -1.50. The van der Waals surface area contributed by atoms with Crippen LogP contribution in [0.4, 0.5) is 0 Å². The van der Waals surface area contributed by atoms with Crippen LogP contribution in [-0.2, 0) is 19.0 Å². The smallest absolute Gasteiger partial charge is 0.315 e. The van der Waals surface area contributed by atoms with Gasteiger partial charge >= 0.3 is 5.97 Å². The summed E-state index contributed by atoms with van der Waals surface area (Å²) in [5.74, 6) is -1.97. The topological polar surface area (TPSA) is 112 Å². The van der Waals surface area contributed by atoms with E-state index in [1.165, 1.54) is 0 Å². The van der Waals surface area contributed by atoms with E-state index >= 15 is 0 Å². The number of aliphatic hydroxyl groups excluding tert-OH is 1. The lowest BCUT2D eigenvalue weighted by Crippen LogP contribution is -2.76. The van der Waals surface area contributed by atoms with Crippen molar-refractivity contribution in [3.63, 3.8) is 0 Å². The van der Waals surface area contributed by atoms with Crippen molar-refractivity contribution in [3.05, 3.63) is 12.2 Å². The number of rotatable bonds is 1. The molecule has 7 heteroatoms. The van der Waals surface area contributed by atoms with Crippen LogP contribution in [-0.4, -0.2) is 69.1 Å². The maximum absolute atomic E-state index is 12.4. The fraction of sp³-hybridized carbons (Fsp3) is 0.800. The third-order valence-electron chi connectivity index (χ3n) is 6.91. The molecule has 7 nitrogen and oxygen atoms in total. The molecule has 0 amide bonds. The van der Waals surface area contributed by atoms with Gasteiger partial charge in [-0.2, -0.15) is 0 Å². The third kappa shape index (κ3) is 0.917. The summed E-state index contributed by atoms with van der Waals surface area (Å²) < 4.78 is 16.4. The van der Waals surface area contributed by atoms with Gasteiger partial charge in [0.05, 0.1) is 12.0 Å². The average molecular weight is 310 g/mol. The first-order valence-electron chi connectivity index (χ1n) is 7.46.